The van der Waals surface area contributed by atoms with Crippen molar-refractivity contribution < 1.29 is 34.8 Å². The molecular formula is C31H34N2O7. The van der Waals surface area contributed by atoms with Gasteiger partial charge in [0.1, 0.15) is 22.8 Å². The number of amides is 1. The number of aliphatic hydroxyl groups excluding tert-OH is 2. The molecule has 3 aliphatic rings. The van der Waals surface area contributed by atoms with Crippen molar-refractivity contribution in [1.82, 2.24) is 0 Å². The van der Waals surface area contributed by atoms with Crippen LogP contribution in [0.5, 0.6) is 5.75 Å². The first-order valence-corrected chi connectivity index (χ1v) is 13.5. The molecule has 0 radical (unpaired) electrons. The molecule has 6 N–H and O–H groups in total. The van der Waals surface area contributed by atoms with E-state index in [1.54, 1.807) is 0 Å². The summed E-state index contributed by atoms with van der Waals surface area (Å²) in [5, 5.41) is 45.3. The summed E-state index contributed by atoms with van der Waals surface area (Å²) in [4.78, 5) is 40.1. The lowest BCUT2D eigenvalue weighted by molar-refractivity contribution is -0.147. The number of hydrogen-bond donors (Lipinski definition) is 5. The number of nitrogens with zero attached hydrogens (tertiary/aromatic N) is 1. The maximum absolute atomic E-state index is 13.8. The lowest BCUT2D eigenvalue weighted by atomic mass is 9.59. The quantitative estimate of drug-likeness (QED) is 0.344. The molecule has 2 aromatic carbocycles. The molecule has 0 aliphatic heterocycles. The molecule has 5 rings (SSSR count). The molecule has 0 spiro atoms. The van der Waals surface area contributed by atoms with Crippen molar-refractivity contribution in [2.45, 2.75) is 51.0 Å². The number of benzene rings is 2. The number of primary amides is 1. The molecule has 9 heteroatoms. The van der Waals surface area contributed by atoms with Crippen molar-refractivity contribution in [2.24, 2.45) is 17.6 Å². The molecule has 1 saturated carbocycles. The van der Waals surface area contributed by atoms with E-state index < -0.39 is 52.0 Å². The molecule has 1 amide bonds. The van der Waals surface area contributed by atoms with E-state index in [0.29, 0.717) is 11.1 Å². The predicted octanol–water partition coefficient (Wildman–Crippen LogP) is 3.50. The first-order chi connectivity index (χ1) is 18.9. The maximum Gasteiger partial charge on any atom is 0.255 e. The monoisotopic (exact) mass is 546 g/mol. The number of fused-ring (bicyclic) bond motifs is 3. The summed E-state index contributed by atoms with van der Waals surface area (Å²) in [6.45, 7) is 2.13. The Morgan fingerprint density at radius 2 is 1.77 bits per heavy atom. The summed E-state index contributed by atoms with van der Waals surface area (Å²) in [6.07, 6.45) is 3.10. The molecule has 210 valence electrons. The largest absolute Gasteiger partial charge is 0.508 e. The van der Waals surface area contributed by atoms with Crippen LogP contribution < -0.4 is 10.6 Å². The van der Waals surface area contributed by atoms with E-state index in [0.717, 1.165) is 30.5 Å². The zero-order chi connectivity index (χ0) is 29.1. The Labute approximate surface area is 232 Å². The van der Waals surface area contributed by atoms with Gasteiger partial charge in [-0.1, -0.05) is 37.6 Å². The molecule has 3 aliphatic carbocycles. The molecule has 0 unspecified atom stereocenters. The zero-order valence-corrected chi connectivity index (χ0v) is 22.8. The van der Waals surface area contributed by atoms with Crippen LogP contribution in [-0.2, 0) is 27.2 Å². The molecule has 2 aromatic rings. The minimum atomic E-state index is -2.58. The van der Waals surface area contributed by atoms with Gasteiger partial charge in [-0.2, -0.15) is 0 Å². The number of nitrogens with two attached hydrogens (primary N) is 1. The Hall–Kier alpha value is -4.11. The van der Waals surface area contributed by atoms with E-state index in [2.05, 4.69) is 6.92 Å². The zero-order valence-electron chi connectivity index (χ0n) is 22.8. The average molecular weight is 547 g/mol. The minimum absolute atomic E-state index is 0.0865. The number of unbranched alkanes of at least 4 members (excludes halogenated alkanes) is 1. The molecule has 0 bridgehead atoms. The van der Waals surface area contributed by atoms with Crippen molar-refractivity contribution in [2.75, 3.05) is 19.0 Å². The Kier molecular flexibility index (Phi) is 6.74. The van der Waals surface area contributed by atoms with Crippen molar-refractivity contribution in [3.8, 4) is 16.9 Å². The molecule has 0 aromatic heterocycles. The molecule has 0 heterocycles. The van der Waals surface area contributed by atoms with Crippen LogP contribution in [0, 0.1) is 11.8 Å². The summed E-state index contributed by atoms with van der Waals surface area (Å²) in [5.74, 6) is -6.34. The van der Waals surface area contributed by atoms with Gasteiger partial charge in [0.2, 0.25) is 5.78 Å². The second-order valence-electron chi connectivity index (χ2n) is 11.2. The molecular weight excluding hydrogens is 512 g/mol. The van der Waals surface area contributed by atoms with Crippen molar-refractivity contribution in [1.29, 1.82) is 0 Å². The van der Waals surface area contributed by atoms with Gasteiger partial charge in [-0.15, -0.1) is 0 Å². The number of phenols is 1. The second kappa shape index (κ2) is 9.82. The fourth-order valence-electron chi connectivity index (χ4n) is 6.52. The minimum Gasteiger partial charge on any atom is -0.508 e. The third-order valence-corrected chi connectivity index (χ3v) is 8.61. The SMILES string of the molecule is CCCCc1ccc(-c2cc(N(C)C)c3c(c2O)C(O)=C2C(=O)[C@]4(O)C(O)=C(C(N)=O)C(=O)C[C@@H]4C[C@@H]2C3)cc1. The molecule has 1 fully saturated rings. The summed E-state index contributed by atoms with van der Waals surface area (Å²) < 4.78 is 0. The van der Waals surface area contributed by atoms with Gasteiger partial charge in [-0.25, -0.2) is 0 Å². The third kappa shape index (κ3) is 3.99. The van der Waals surface area contributed by atoms with Crippen LogP contribution in [0.25, 0.3) is 16.9 Å². The van der Waals surface area contributed by atoms with Gasteiger partial charge in [-0.05, 0) is 54.4 Å². The Balaban J connectivity index is 1.68. The summed E-state index contributed by atoms with van der Waals surface area (Å²) in [5.41, 5.74) is 5.58. The van der Waals surface area contributed by atoms with Crippen molar-refractivity contribution in [3.63, 3.8) is 0 Å². The number of carbonyl (C=O) groups is 3. The molecule has 3 atom stereocenters. The van der Waals surface area contributed by atoms with Crippen LogP contribution >= 0.6 is 0 Å². The van der Waals surface area contributed by atoms with Gasteiger partial charge in [0.15, 0.2) is 11.4 Å². The maximum atomic E-state index is 13.8. The van der Waals surface area contributed by atoms with Crippen molar-refractivity contribution >= 4 is 28.9 Å². The smallest absolute Gasteiger partial charge is 0.255 e. The van der Waals surface area contributed by atoms with E-state index >= 15 is 0 Å². The summed E-state index contributed by atoms with van der Waals surface area (Å²) in [6, 6.07) is 9.68. The van der Waals surface area contributed by atoms with Crippen LogP contribution in [0.15, 0.2) is 47.2 Å². The van der Waals surface area contributed by atoms with Crippen LogP contribution in [-0.4, -0.2) is 57.6 Å². The topological polar surface area (TPSA) is 161 Å². The highest BCUT2D eigenvalue weighted by atomic mass is 16.3. The van der Waals surface area contributed by atoms with Crippen LogP contribution in [0.2, 0.25) is 0 Å². The average Bonchev–Trinajstić information content (AvgIpc) is 2.89. The number of hydrogen-bond acceptors (Lipinski definition) is 8. The lowest BCUT2D eigenvalue weighted by Gasteiger charge is -2.46. The highest BCUT2D eigenvalue weighted by Crippen LogP contribution is 2.54. The van der Waals surface area contributed by atoms with Gasteiger partial charge in [0, 0.05) is 43.3 Å². The van der Waals surface area contributed by atoms with E-state index in [4.69, 9.17) is 5.73 Å². The van der Waals surface area contributed by atoms with Gasteiger partial charge in [0.05, 0.1) is 5.56 Å². The van der Waals surface area contributed by atoms with Gasteiger partial charge in [0.25, 0.3) is 5.91 Å². The highest BCUT2D eigenvalue weighted by molar-refractivity contribution is 6.22. The fraction of sp³-hybridized carbons (Fsp3) is 0.387. The van der Waals surface area contributed by atoms with Gasteiger partial charge in [-0.3, -0.25) is 14.4 Å². The standard InChI is InChI=1S/C31H34N2O7/c1-4-5-6-15-7-9-16(10-8-15)19-14-21(33(2)3)20-12-17-11-18-13-22(34)25(30(32)39)29(38)31(18,40)28(37)23(17)27(36)24(20)26(19)35/h7-10,14,17-18,35-36,38,40H,4-6,11-13H2,1-3H3,(H2,32,39)/t17-,18+,31+/m1/s1. The molecule has 40 heavy (non-hydrogen) atoms. The molecule has 9 nitrogen and oxygen atoms in total. The second-order valence-corrected chi connectivity index (χ2v) is 11.2. The van der Waals surface area contributed by atoms with E-state index in [9.17, 15) is 34.8 Å². The lowest BCUT2D eigenvalue weighted by Crippen LogP contribution is -2.58. The van der Waals surface area contributed by atoms with Crippen LogP contribution in [0.4, 0.5) is 5.69 Å². The van der Waals surface area contributed by atoms with E-state index in [1.165, 1.54) is 5.56 Å². The number of Topliss-reactive ketones (excluding diaryl/α,β-unsaturated/α-hetero) is 2. The van der Waals surface area contributed by atoms with Crippen LogP contribution in [0.1, 0.15) is 49.3 Å². The van der Waals surface area contributed by atoms with E-state index in [-0.39, 0.29) is 36.1 Å². The van der Waals surface area contributed by atoms with Gasteiger partial charge >= 0.3 is 0 Å². The first-order valence-electron chi connectivity index (χ1n) is 13.5. The number of carbonyl (C=O) groups excluding carboxylic acids is 3. The number of aryl methyl sites for hydroxylation is 1. The molecule has 0 saturated heterocycles. The Morgan fingerprint density at radius 3 is 2.38 bits per heavy atom. The number of aromatic hydroxyl groups is 1. The number of rotatable bonds is 6. The van der Waals surface area contributed by atoms with Gasteiger partial charge < -0.3 is 31.1 Å². The van der Waals surface area contributed by atoms with Crippen LogP contribution in [0.3, 0.4) is 0 Å². The normalized spacial score (nSPS) is 24.0. The predicted molar refractivity (Wildman–Crippen MR) is 150 cm³/mol. The highest BCUT2D eigenvalue weighted by Gasteiger charge is 2.60. The first kappa shape index (κ1) is 27.5. The fourth-order valence-corrected chi connectivity index (χ4v) is 6.52. The van der Waals surface area contributed by atoms with E-state index in [1.807, 2.05) is 49.3 Å². The third-order valence-electron chi connectivity index (χ3n) is 8.61. The number of anilines is 1. The number of phenolic OH excluding ortho intramolecular Hbond substituents is 1. The number of aliphatic hydroxyl groups is 3. The summed E-state index contributed by atoms with van der Waals surface area (Å²) >= 11 is 0. The van der Waals surface area contributed by atoms with Crippen molar-refractivity contribution in [3.05, 3.63) is 63.9 Å². The Morgan fingerprint density at radius 1 is 1.10 bits per heavy atom. The number of ketones is 2. The Bertz CT molecular complexity index is 1500. The summed E-state index contributed by atoms with van der Waals surface area (Å²) in [7, 11) is 3.69.